The van der Waals surface area contributed by atoms with Crippen molar-refractivity contribution >= 4 is 21.7 Å². The first-order valence-corrected chi connectivity index (χ1v) is 7.09. The third-order valence-electron chi connectivity index (χ3n) is 1.47. The third kappa shape index (κ3) is 5.33. The van der Waals surface area contributed by atoms with Crippen molar-refractivity contribution < 1.29 is 17.7 Å². The Kier molecular flexibility index (Phi) is 8.95. The van der Waals surface area contributed by atoms with Crippen LogP contribution in [0.25, 0.3) is 0 Å². The fourth-order valence-corrected chi connectivity index (χ4v) is 2.75. The number of thiol groups is 1. The second-order valence-electron chi connectivity index (χ2n) is 2.50. The molecule has 0 bridgehead atoms. The van der Waals surface area contributed by atoms with E-state index in [1.807, 2.05) is 13.8 Å². The number of rotatable bonds is 9. The van der Waals surface area contributed by atoms with Gasteiger partial charge in [0.25, 0.3) is 0 Å². The molecule has 0 spiro atoms. The summed E-state index contributed by atoms with van der Waals surface area (Å²) >= 11 is 4.10. The van der Waals surface area contributed by atoms with E-state index in [1.165, 1.54) is 0 Å². The SMILES string of the molecule is CCO[Si](OC)(OCC)OCCCS. The first-order valence-electron chi connectivity index (χ1n) is 4.82. The molecule has 0 saturated carbocycles. The topological polar surface area (TPSA) is 36.9 Å². The standard InChI is InChI=1S/C8H20O4SSi/c1-4-10-14(9-3,11-5-2)12-7-6-8-13/h13H,4-8H2,1-3H3. The fraction of sp³-hybridized carbons (Fsp3) is 1.00. The van der Waals surface area contributed by atoms with Gasteiger partial charge in [-0.2, -0.15) is 12.6 Å². The summed E-state index contributed by atoms with van der Waals surface area (Å²) < 4.78 is 21.6. The minimum Gasteiger partial charge on any atom is -0.355 e. The van der Waals surface area contributed by atoms with Crippen molar-refractivity contribution in [2.75, 3.05) is 32.7 Å². The molecule has 86 valence electrons. The molecular weight excluding hydrogens is 220 g/mol. The van der Waals surface area contributed by atoms with E-state index in [2.05, 4.69) is 12.6 Å². The second kappa shape index (κ2) is 8.69. The lowest BCUT2D eigenvalue weighted by Crippen LogP contribution is -2.48. The predicted octanol–water partition coefficient (Wildman–Crippen LogP) is 1.48. The van der Waals surface area contributed by atoms with Gasteiger partial charge in [0, 0.05) is 26.9 Å². The maximum Gasteiger partial charge on any atom is 0.679 e. The van der Waals surface area contributed by atoms with E-state index >= 15 is 0 Å². The van der Waals surface area contributed by atoms with E-state index in [-0.39, 0.29) is 0 Å². The summed E-state index contributed by atoms with van der Waals surface area (Å²) in [7, 11) is -1.29. The maximum absolute atomic E-state index is 5.52. The van der Waals surface area contributed by atoms with Gasteiger partial charge in [0.1, 0.15) is 0 Å². The van der Waals surface area contributed by atoms with Crippen LogP contribution in [0.15, 0.2) is 0 Å². The zero-order valence-electron chi connectivity index (χ0n) is 9.12. The molecule has 0 aromatic carbocycles. The lowest BCUT2D eigenvalue weighted by Gasteiger charge is -2.25. The molecule has 0 aromatic heterocycles. The Balaban J connectivity index is 4.03. The van der Waals surface area contributed by atoms with Gasteiger partial charge in [-0.25, -0.2) is 0 Å². The Morgan fingerprint density at radius 1 is 1.07 bits per heavy atom. The van der Waals surface area contributed by atoms with Crippen LogP contribution in [0.5, 0.6) is 0 Å². The van der Waals surface area contributed by atoms with Crippen LogP contribution in [0.1, 0.15) is 20.3 Å². The zero-order chi connectivity index (χ0) is 10.9. The molecule has 14 heavy (non-hydrogen) atoms. The normalized spacial score (nSPS) is 12.0. The Labute approximate surface area is 92.8 Å². The smallest absolute Gasteiger partial charge is 0.355 e. The lowest BCUT2D eigenvalue weighted by molar-refractivity contribution is -0.0167. The zero-order valence-corrected chi connectivity index (χ0v) is 11.0. The Bertz CT molecular complexity index is 131. The van der Waals surface area contributed by atoms with Crippen LogP contribution in [-0.2, 0) is 17.7 Å². The van der Waals surface area contributed by atoms with Crippen LogP contribution in [0.3, 0.4) is 0 Å². The summed E-state index contributed by atoms with van der Waals surface area (Å²) in [5.74, 6) is 0.784. The first kappa shape index (κ1) is 14.4. The molecule has 6 heteroatoms. The van der Waals surface area contributed by atoms with Gasteiger partial charge in [0.2, 0.25) is 0 Å². The van der Waals surface area contributed by atoms with Crippen molar-refractivity contribution in [3.63, 3.8) is 0 Å². The van der Waals surface area contributed by atoms with E-state index in [9.17, 15) is 0 Å². The average Bonchev–Trinajstić information content (AvgIpc) is 2.19. The van der Waals surface area contributed by atoms with Gasteiger partial charge in [-0.05, 0) is 26.0 Å². The van der Waals surface area contributed by atoms with Crippen molar-refractivity contribution in [3.05, 3.63) is 0 Å². The summed E-state index contributed by atoms with van der Waals surface area (Å²) in [5, 5.41) is 0. The van der Waals surface area contributed by atoms with E-state index in [4.69, 9.17) is 17.7 Å². The molecule has 0 saturated heterocycles. The largest absolute Gasteiger partial charge is 0.679 e. The highest BCUT2D eigenvalue weighted by Crippen LogP contribution is 2.11. The van der Waals surface area contributed by atoms with Crippen LogP contribution in [-0.4, -0.2) is 41.7 Å². The average molecular weight is 240 g/mol. The Hall–Kier alpha value is 0.407. The second-order valence-corrected chi connectivity index (χ2v) is 5.22. The maximum atomic E-state index is 5.52. The molecule has 0 unspecified atom stereocenters. The van der Waals surface area contributed by atoms with Crippen LogP contribution in [0.4, 0.5) is 0 Å². The molecular formula is C8H20O4SSi. The molecule has 0 amide bonds. The molecule has 4 nitrogen and oxygen atoms in total. The van der Waals surface area contributed by atoms with Crippen molar-refractivity contribution in [3.8, 4) is 0 Å². The van der Waals surface area contributed by atoms with Crippen LogP contribution < -0.4 is 0 Å². The van der Waals surface area contributed by atoms with Gasteiger partial charge in [-0.1, -0.05) is 0 Å². The summed E-state index contributed by atoms with van der Waals surface area (Å²) in [6, 6.07) is 0. The van der Waals surface area contributed by atoms with Crippen molar-refractivity contribution in [2.24, 2.45) is 0 Å². The van der Waals surface area contributed by atoms with Crippen LogP contribution >= 0.6 is 12.6 Å². The van der Waals surface area contributed by atoms with Crippen molar-refractivity contribution in [1.29, 1.82) is 0 Å². The van der Waals surface area contributed by atoms with Gasteiger partial charge in [-0.15, -0.1) is 0 Å². The molecule has 0 atom stereocenters. The molecule has 0 aliphatic heterocycles. The summed E-state index contributed by atoms with van der Waals surface area (Å²) in [6.07, 6.45) is 0.862. The highest BCUT2D eigenvalue weighted by molar-refractivity contribution is 7.80. The van der Waals surface area contributed by atoms with E-state index in [1.54, 1.807) is 7.11 Å². The number of hydrogen-bond donors (Lipinski definition) is 1. The Morgan fingerprint density at radius 2 is 1.64 bits per heavy atom. The van der Waals surface area contributed by atoms with Crippen molar-refractivity contribution in [1.82, 2.24) is 0 Å². The minimum absolute atomic E-state index is 0.529. The molecule has 0 aliphatic carbocycles. The fourth-order valence-electron chi connectivity index (χ4n) is 0.917. The summed E-state index contributed by atoms with van der Waals surface area (Å²) in [4.78, 5) is 0. The van der Waals surface area contributed by atoms with Gasteiger partial charge < -0.3 is 17.7 Å². The van der Waals surface area contributed by atoms with Gasteiger partial charge in [0.15, 0.2) is 0 Å². The third-order valence-corrected chi connectivity index (χ3v) is 4.13. The molecule has 0 fully saturated rings. The molecule has 0 rings (SSSR count). The quantitative estimate of drug-likeness (QED) is 0.376. The molecule has 0 aliphatic rings. The molecule has 0 radical (unpaired) electrons. The molecule has 0 N–H and O–H groups in total. The van der Waals surface area contributed by atoms with Gasteiger partial charge >= 0.3 is 9.05 Å². The number of hydrogen-bond acceptors (Lipinski definition) is 5. The van der Waals surface area contributed by atoms with Crippen LogP contribution in [0, 0.1) is 0 Å². The first-order chi connectivity index (χ1) is 6.74. The van der Waals surface area contributed by atoms with Gasteiger partial charge in [-0.3, -0.25) is 0 Å². The monoisotopic (exact) mass is 240 g/mol. The van der Waals surface area contributed by atoms with Crippen molar-refractivity contribution in [2.45, 2.75) is 20.3 Å². The summed E-state index contributed by atoms with van der Waals surface area (Å²) in [5.41, 5.74) is 0. The lowest BCUT2D eigenvalue weighted by atomic mass is 10.5. The highest BCUT2D eigenvalue weighted by atomic mass is 32.1. The van der Waals surface area contributed by atoms with E-state index in [0.717, 1.165) is 12.2 Å². The Morgan fingerprint density at radius 3 is 2.00 bits per heavy atom. The van der Waals surface area contributed by atoms with Crippen LogP contribution in [0.2, 0.25) is 0 Å². The highest BCUT2D eigenvalue weighted by Gasteiger charge is 2.43. The van der Waals surface area contributed by atoms with E-state index in [0.29, 0.717) is 19.8 Å². The molecule has 0 aromatic rings. The van der Waals surface area contributed by atoms with Gasteiger partial charge in [0.05, 0.1) is 0 Å². The predicted molar refractivity (Wildman–Crippen MR) is 60.4 cm³/mol. The minimum atomic E-state index is -2.84. The molecule has 0 heterocycles. The summed E-state index contributed by atoms with van der Waals surface area (Å²) in [6.45, 7) is 5.40. The van der Waals surface area contributed by atoms with E-state index < -0.39 is 9.05 Å².